The van der Waals surface area contributed by atoms with Crippen LogP contribution in [0.5, 0.6) is 0 Å². The topological polar surface area (TPSA) is 84.5 Å². The summed E-state index contributed by atoms with van der Waals surface area (Å²) in [6, 6.07) is 0. The SMILES string of the molecule is CC(CN)C1=NC(=O)C2(CCCC2)C(=O)N1. The van der Waals surface area contributed by atoms with Crippen LogP contribution in [0.2, 0.25) is 0 Å². The van der Waals surface area contributed by atoms with Crippen LogP contribution in [0, 0.1) is 11.3 Å². The number of carbonyl (C=O) groups is 2. The van der Waals surface area contributed by atoms with Gasteiger partial charge in [0.05, 0.1) is 0 Å². The van der Waals surface area contributed by atoms with Gasteiger partial charge in [-0.3, -0.25) is 9.59 Å². The molecule has 1 aliphatic heterocycles. The van der Waals surface area contributed by atoms with Crippen LogP contribution in [0.1, 0.15) is 32.6 Å². The largest absolute Gasteiger partial charge is 0.330 e. The van der Waals surface area contributed by atoms with E-state index in [-0.39, 0.29) is 17.7 Å². The quantitative estimate of drug-likeness (QED) is 0.656. The van der Waals surface area contributed by atoms with E-state index in [9.17, 15) is 9.59 Å². The van der Waals surface area contributed by atoms with Gasteiger partial charge in [-0.15, -0.1) is 0 Å². The molecule has 3 N–H and O–H groups in total. The van der Waals surface area contributed by atoms with Crippen LogP contribution in [-0.2, 0) is 9.59 Å². The molecule has 0 radical (unpaired) electrons. The third-order valence-corrected chi connectivity index (χ3v) is 3.59. The van der Waals surface area contributed by atoms with Gasteiger partial charge in [-0.25, -0.2) is 0 Å². The Kier molecular flexibility index (Phi) is 2.80. The van der Waals surface area contributed by atoms with Gasteiger partial charge in [-0.05, 0) is 12.8 Å². The van der Waals surface area contributed by atoms with E-state index in [0.717, 1.165) is 12.8 Å². The fourth-order valence-electron chi connectivity index (χ4n) is 2.34. The predicted octanol–water partition coefficient (Wildman–Crippen LogP) is 0.197. The maximum Gasteiger partial charge on any atom is 0.263 e. The normalized spacial score (nSPS) is 25.5. The Morgan fingerprint density at radius 2 is 2.06 bits per heavy atom. The highest BCUT2D eigenvalue weighted by Gasteiger charge is 2.50. The lowest BCUT2D eigenvalue weighted by atomic mass is 9.82. The number of amidine groups is 1. The van der Waals surface area contributed by atoms with Crippen LogP contribution in [0.4, 0.5) is 0 Å². The number of nitrogens with zero attached hydrogens (tertiary/aromatic N) is 1. The van der Waals surface area contributed by atoms with Crippen LogP contribution >= 0.6 is 0 Å². The molecule has 2 rings (SSSR count). The molecule has 1 unspecified atom stereocenters. The second-order valence-electron chi connectivity index (χ2n) is 4.68. The second-order valence-corrected chi connectivity index (χ2v) is 4.68. The van der Waals surface area contributed by atoms with E-state index in [1.807, 2.05) is 6.92 Å². The van der Waals surface area contributed by atoms with E-state index in [2.05, 4.69) is 10.3 Å². The van der Waals surface area contributed by atoms with Gasteiger partial charge in [0.1, 0.15) is 11.3 Å². The van der Waals surface area contributed by atoms with Crippen LogP contribution < -0.4 is 11.1 Å². The lowest BCUT2D eigenvalue weighted by molar-refractivity contribution is -0.141. The molecule has 0 aromatic rings. The number of rotatable bonds is 2. The zero-order valence-electron chi connectivity index (χ0n) is 9.45. The summed E-state index contributed by atoms with van der Waals surface area (Å²) in [4.78, 5) is 28.0. The smallest absolute Gasteiger partial charge is 0.263 e. The predicted molar refractivity (Wildman–Crippen MR) is 59.7 cm³/mol. The first-order chi connectivity index (χ1) is 7.60. The standard InChI is InChI=1S/C11H17N3O2/c1-7(6-12)8-13-9(15)11(10(16)14-8)4-2-3-5-11/h7H,2-6,12H2,1H3,(H,13,14,15,16). The third-order valence-electron chi connectivity index (χ3n) is 3.59. The Morgan fingerprint density at radius 1 is 1.44 bits per heavy atom. The molecule has 0 aromatic heterocycles. The van der Waals surface area contributed by atoms with Crippen LogP contribution in [-0.4, -0.2) is 24.2 Å². The molecular formula is C11H17N3O2. The summed E-state index contributed by atoms with van der Waals surface area (Å²) in [7, 11) is 0. The Morgan fingerprint density at radius 3 is 2.56 bits per heavy atom. The van der Waals surface area contributed by atoms with Crippen molar-refractivity contribution in [1.29, 1.82) is 0 Å². The molecule has 1 aliphatic carbocycles. The average molecular weight is 223 g/mol. The number of carbonyl (C=O) groups excluding carboxylic acids is 2. The first kappa shape index (κ1) is 11.3. The summed E-state index contributed by atoms with van der Waals surface area (Å²) in [5.41, 5.74) is 4.63. The van der Waals surface area contributed by atoms with Crippen molar-refractivity contribution in [3.8, 4) is 0 Å². The molecule has 0 aromatic carbocycles. The minimum Gasteiger partial charge on any atom is -0.330 e. The van der Waals surface area contributed by atoms with Crippen molar-refractivity contribution >= 4 is 17.6 Å². The summed E-state index contributed by atoms with van der Waals surface area (Å²) >= 11 is 0. The summed E-state index contributed by atoms with van der Waals surface area (Å²) < 4.78 is 0. The summed E-state index contributed by atoms with van der Waals surface area (Å²) in [6.07, 6.45) is 3.11. The van der Waals surface area contributed by atoms with Gasteiger partial charge < -0.3 is 11.1 Å². The second kappa shape index (κ2) is 3.97. The zero-order chi connectivity index (χ0) is 11.8. The molecule has 0 saturated heterocycles. The van der Waals surface area contributed by atoms with E-state index < -0.39 is 5.41 Å². The van der Waals surface area contributed by atoms with Gasteiger partial charge >= 0.3 is 0 Å². The minimum absolute atomic E-state index is 0.0772. The highest BCUT2D eigenvalue weighted by molar-refractivity contribution is 6.19. The monoisotopic (exact) mass is 223 g/mol. The van der Waals surface area contributed by atoms with Crippen LogP contribution in [0.3, 0.4) is 0 Å². The van der Waals surface area contributed by atoms with Crippen molar-refractivity contribution < 1.29 is 9.59 Å². The van der Waals surface area contributed by atoms with Gasteiger partial charge in [-0.2, -0.15) is 4.99 Å². The van der Waals surface area contributed by atoms with E-state index in [0.29, 0.717) is 25.2 Å². The van der Waals surface area contributed by atoms with Crippen molar-refractivity contribution in [2.75, 3.05) is 6.54 Å². The van der Waals surface area contributed by atoms with Crippen molar-refractivity contribution in [2.45, 2.75) is 32.6 Å². The number of aliphatic imine (C=N–C) groups is 1. The van der Waals surface area contributed by atoms with Crippen molar-refractivity contribution in [2.24, 2.45) is 22.1 Å². The summed E-state index contributed by atoms with van der Waals surface area (Å²) in [5.74, 6) is -0.106. The van der Waals surface area contributed by atoms with E-state index in [1.165, 1.54) is 0 Å². The van der Waals surface area contributed by atoms with Crippen molar-refractivity contribution in [3.63, 3.8) is 0 Å². The van der Waals surface area contributed by atoms with Gasteiger partial charge in [0.15, 0.2) is 0 Å². The molecule has 0 bridgehead atoms. The molecule has 5 nitrogen and oxygen atoms in total. The maximum atomic E-state index is 12.0. The number of nitrogens with one attached hydrogen (secondary N) is 1. The Labute approximate surface area is 94.5 Å². The third kappa shape index (κ3) is 1.55. The van der Waals surface area contributed by atoms with Gasteiger partial charge in [-0.1, -0.05) is 19.8 Å². The molecule has 1 saturated carbocycles. The number of hydrogen-bond donors (Lipinski definition) is 2. The highest BCUT2D eigenvalue weighted by Crippen LogP contribution is 2.40. The lowest BCUT2D eigenvalue weighted by Crippen LogP contribution is -2.53. The Balaban J connectivity index is 2.28. The van der Waals surface area contributed by atoms with Crippen LogP contribution in [0.25, 0.3) is 0 Å². The molecule has 5 heteroatoms. The Hall–Kier alpha value is -1.23. The summed E-state index contributed by atoms with van der Waals surface area (Å²) in [6.45, 7) is 2.22. The van der Waals surface area contributed by atoms with Crippen molar-refractivity contribution in [1.82, 2.24) is 5.32 Å². The fourth-order valence-corrected chi connectivity index (χ4v) is 2.34. The summed E-state index contributed by atoms with van der Waals surface area (Å²) in [5, 5.41) is 2.74. The highest BCUT2D eigenvalue weighted by atomic mass is 16.2. The van der Waals surface area contributed by atoms with Crippen LogP contribution in [0.15, 0.2) is 4.99 Å². The van der Waals surface area contributed by atoms with E-state index >= 15 is 0 Å². The molecule has 1 heterocycles. The fraction of sp³-hybridized carbons (Fsp3) is 0.727. The van der Waals surface area contributed by atoms with Gasteiger partial charge in [0.25, 0.3) is 5.91 Å². The Bertz CT molecular complexity index is 356. The number of hydrogen-bond acceptors (Lipinski definition) is 3. The lowest BCUT2D eigenvalue weighted by Gasteiger charge is -2.30. The first-order valence-corrected chi connectivity index (χ1v) is 5.75. The van der Waals surface area contributed by atoms with Gasteiger partial charge in [0.2, 0.25) is 5.91 Å². The number of amides is 2. The molecular weight excluding hydrogens is 206 g/mol. The molecule has 2 aliphatic rings. The minimum atomic E-state index is -0.863. The molecule has 88 valence electrons. The molecule has 16 heavy (non-hydrogen) atoms. The maximum absolute atomic E-state index is 12.0. The van der Waals surface area contributed by atoms with E-state index in [1.54, 1.807) is 0 Å². The first-order valence-electron chi connectivity index (χ1n) is 5.75. The zero-order valence-corrected chi connectivity index (χ0v) is 9.45. The van der Waals surface area contributed by atoms with E-state index in [4.69, 9.17) is 5.73 Å². The molecule has 1 spiro atoms. The van der Waals surface area contributed by atoms with Crippen molar-refractivity contribution in [3.05, 3.63) is 0 Å². The molecule has 1 fully saturated rings. The van der Waals surface area contributed by atoms with Gasteiger partial charge in [0, 0.05) is 12.5 Å². The molecule has 2 amide bonds. The number of nitrogens with two attached hydrogens (primary N) is 1. The average Bonchev–Trinajstić information content (AvgIpc) is 2.75. The molecule has 1 atom stereocenters.